The Hall–Kier alpha value is -2.59. The number of benzene rings is 1. The van der Waals surface area contributed by atoms with Crippen molar-refractivity contribution < 1.29 is 22.7 Å². The second kappa shape index (κ2) is 6.49. The first-order valence-electron chi connectivity index (χ1n) is 9.27. The third-order valence-electron chi connectivity index (χ3n) is 5.33. The maximum atomic E-state index is 12.9. The summed E-state index contributed by atoms with van der Waals surface area (Å²) < 4.78 is 39.9. The summed E-state index contributed by atoms with van der Waals surface area (Å²) in [4.78, 5) is 13.8. The predicted octanol–water partition coefficient (Wildman–Crippen LogP) is 1.03. The van der Waals surface area contributed by atoms with Crippen LogP contribution in [0.15, 0.2) is 35.5 Å². The fraction of sp³-hybridized carbons (Fsp3) is 0.444. The van der Waals surface area contributed by atoms with Crippen molar-refractivity contribution in [1.29, 1.82) is 0 Å². The van der Waals surface area contributed by atoms with Crippen molar-refractivity contribution in [3.05, 3.63) is 30.6 Å². The number of hydrogen-bond donors (Lipinski definition) is 0. The number of hydrogen-bond acceptors (Lipinski definition) is 6. The number of aromatic nitrogens is 2. The van der Waals surface area contributed by atoms with E-state index in [1.165, 1.54) is 10.4 Å². The number of amides is 1. The normalized spacial score (nSPS) is 20.4. The Kier molecular flexibility index (Phi) is 4.06. The van der Waals surface area contributed by atoms with E-state index in [1.807, 2.05) is 6.20 Å². The molecule has 1 amide bonds. The average Bonchev–Trinajstić information content (AvgIpc) is 3.29. The van der Waals surface area contributed by atoms with Gasteiger partial charge in [0, 0.05) is 38.3 Å². The van der Waals surface area contributed by atoms with E-state index in [4.69, 9.17) is 9.47 Å². The number of anilines is 1. The summed E-state index contributed by atoms with van der Waals surface area (Å²) >= 11 is 0. The first-order valence-corrected chi connectivity index (χ1v) is 10.7. The highest BCUT2D eigenvalue weighted by Gasteiger charge is 2.39. The number of rotatable bonds is 4. The Morgan fingerprint density at radius 1 is 1.11 bits per heavy atom. The maximum Gasteiger partial charge on any atom is 0.243 e. The number of carbonyl (C=O) groups excluding carboxylic acids is 1. The van der Waals surface area contributed by atoms with E-state index in [1.54, 1.807) is 27.9 Å². The predicted molar refractivity (Wildman–Crippen MR) is 99.0 cm³/mol. The topological polar surface area (TPSA) is 94.0 Å². The second-order valence-corrected chi connectivity index (χ2v) is 9.05. The van der Waals surface area contributed by atoms with Crippen molar-refractivity contribution in [3.63, 3.8) is 0 Å². The van der Waals surface area contributed by atoms with E-state index in [2.05, 4.69) is 5.10 Å². The van der Waals surface area contributed by atoms with Crippen molar-refractivity contribution in [1.82, 2.24) is 14.1 Å². The van der Waals surface area contributed by atoms with Crippen molar-refractivity contribution in [3.8, 4) is 11.5 Å². The molecule has 0 aliphatic carbocycles. The second-order valence-electron chi connectivity index (χ2n) is 7.11. The lowest BCUT2D eigenvalue weighted by atomic mass is 10.2. The fourth-order valence-electron chi connectivity index (χ4n) is 3.70. The molecule has 3 aliphatic heterocycles. The molecule has 148 valence electrons. The van der Waals surface area contributed by atoms with Crippen LogP contribution in [-0.4, -0.2) is 61.3 Å². The van der Waals surface area contributed by atoms with Gasteiger partial charge in [-0.2, -0.15) is 9.40 Å². The molecule has 4 heterocycles. The maximum absolute atomic E-state index is 12.9. The summed E-state index contributed by atoms with van der Waals surface area (Å²) in [5.74, 6) is 1.12. The van der Waals surface area contributed by atoms with Gasteiger partial charge < -0.3 is 14.4 Å². The monoisotopic (exact) mass is 404 g/mol. The summed E-state index contributed by atoms with van der Waals surface area (Å²) in [6, 6.07) is 4.65. The average molecular weight is 404 g/mol. The number of ether oxygens (including phenoxy) is 2. The largest absolute Gasteiger partial charge is 0.486 e. The number of carbonyl (C=O) groups is 1. The van der Waals surface area contributed by atoms with Gasteiger partial charge in [0.25, 0.3) is 0 Å². The van der Waals surface area contributed by atoms with E-state index in [9.17, 15) is 13.2 Å². The first kappa shape index (κ1) is 17.5. The molecule has 0 atom stereocenters. The number of fused-ring (bicyclic) bond motifs is 1. The molecule has 1 aromatic carbocycles. The summed E-state index contributed by atoms with van der Waals surface area (Å²) in [6.45, 7) is 2.25. The van der Waals surface area contributed by atoms with Crippen LogP contribution >= 0.6 is 0 Å². The minimum atomic E-state index is -3.60. The van der Waals surface area contributed by atoms with Crippen LogP contribution in [0.3, 0.4) is 0 Å². The van der Waals surface area contributed by atoms with Crippen LogP contribution in [0.1, 0.15) is 18.9 Å². The van der Waals surface area contributed by atoms with Gasteiger partial charge in [0.1, 0.15) is 13.2 Å². The van der Waals surface area contributed by atoms with Gasteiger partial charge in [-0.15, -0.1) is 0 Å². The third-order valence-corrected chi connectivity index (χ3v) is 7.15. The molecule has 1 aromatic heterocycles. The van der Waals surface area contributed by atoms with Gasteiger partial charge in [-0.05, 0) is 18.6 Å². The zero-order chi connectivity index (χ0) is 19.3. The number of nitrogens with zero attached hydrogens (tertiary/aromatic N) is 4. The molecule has 28 heavy (non-hydrogen) atoms. The highest BCUT2D eigenvalue weighted by atomic mass is 32.2. The quantitative estimate of drug-likeness (QED) is 0.756. The van der Waals surface area contributed by atoms with E-state index < -0.39 is 10.0 Å². The van der Waals surface area contributed by atoms with Crippen LogP contribution in [0.25, 0.3) is 0 Å². The zero-order valence-corrected chi connectivity index (χ0v) is 16.0. The van der Waals surface area contributed by atoms with Gasteiger partial charge in [0.2, 0.25) is 15.9 Å². The van der Waals surface area contributed by atoms with E-state index >= 15 is 0 Å². The van der Waals surface area contributed by atoms with Gasteiger partial charge in [-0.25, -0.2) is 8.42 Å². The Balaban J connectivity index is 1.29. The van der Waals surface area contributed by atoms with Crippen molar-refractivity contribution in [2.45, 2.75) is 23.8 Å². The van der Waals surface area contributed by atoms with Crippen LogP contribution < -0.4 is 14.4 Å². The molecule has 0 radical (unpaired) electrons. The minimum Gasteiger partial charge on any atom is -0.486 e. The molecule has 5 rings (SSSR count). The van der Waals surface area contributed by atoms with Crippen LogP contribution in [0.5, 0.6) is 11.5 Å². The minimum absolute atomic E-state index is 0.0431. The lowest BCUT2D eigenvalue weighted by Crippen LogP contribution is -2.50. The third kappa shape index (κ3) is 2.83. The van der Waals surface area contributed by atoms with Gasteiger partial charge in [-0.3, -0.25) is 9.48 Å². The molecular weight excluding hydrogens is 384 g/mol. The summed E-state index contributed by atoms with van der Waals surface area (Å²) in [5.41, 5.74) is 0.774. The standard InChI is InChI=1S/C18H20N4O5S/c23-18-2-1-5-21(18)13-9-19-22(12-13)14-10-20(11-14)28(24,25)15-3-4-16-17(8-15)27-7-6-26-16/h3-4,8-9,12,14H,1-2,5-7,10-11H2. The Labute approximate surface area is 162 Å². The molecule has 3 aliphatic rings. The molecule has 2 saturated heterocycles. The van der Waals surface area contributed by atoms with Crippen molar-refractivity contribution in [2.24, 2.45) is 0 Å². The fourth-order valence-corrected chi connectivity index (χ4v) is 5.23. The summed E-state index contributed by atoms with van der Waals surface area (Å²) in [6.07, 6.45) is 4.91. The van der Waals surface area contributed by atoms with Crippen LogP contribution in [0.4, 0.5) is 5.69 Å². The molecule has 9 nitrogen and oxygen atoms in total. The Morgan fingerprint density at radius 3 is 2.64 bits per heavy atom. The SMILES string of the molecule is O=C1CCCN1c1cnn(C2CN(S(=O)(=O)c3ccc4c(c3)OCCO4)C2)c1. The molecule has 0 unspecified atom stereocenters. The van der Waals surface area contributed by atoms with E-state index in [-0.39, 0.29) is 16.8 Å². The summed E-state index contributed by atoms with van der Waals surface area (Å²) in [5, 5.41) is 4.33. The molecule has 0 N–H and O–H groups in total. The number of sulfonamides is 1. The highest BCUT2D eigenvalue weighted by molar-refractivity contribution is 7.89. The molecule has 0 saturated carbocycles. The van der Waals surface area contributed by atoms with Gasteiger partial charge in [0.05, 0.1) is 22.8 Å². The van der Waals surface area contributed by atoms with E-state index in [0.717, 1.165) is 12.1 Å². The van der Waals surface area contributed by atoms with Gasteiger partial charge in [-0.1, -0.05) is 0 Å². The van der Waals surface area contributed by atoms with Crippen molar-refractivity contribution in [2.75, 3.05) is 37.7 Å². The zero-order valence-electron chi connectivity index (χ0n) is 15.2. The lowest BCUT2D eigenvalue weighted by molar-refractivity contribution is -0.117. The molecular formula is C18H20N4O5S. The molecule has 2 aromatic rings. The Bertz CT molecular complexity index is 1030. The smallest absolute Gasteiger partial charge is 0.243 e. The van der Waals surface area contributed by atoms with Gasteiger partial charge >= 0.3 is 0 Å². The van der Waals surface area contributed by atoms with Crippen LogP contribution in [-0.2, 0) is 14.8 Å². The summed E-state index contributed by atoms with van der Waals surface area (Å²) in [7, 11) is -3.60. The molecule has 2 fully saturated rings. The highest BCUT2D eigenvalue weighted by Crippen LogP contribution is 2.35. The van der Waals surface area contributed by atoms with Crippen LogP contribution in [0, 0.1) is 0 Å². The van der Waals surface area contributed by atoms with Crippen LogP contribution in [0.2, 0.25) is 0 Å². The van der Waals surface area contributed by atoms with E-state index in [0.29, 0.717) is 50.8 Å². The molecule has 0 bridgehead atoms. The first-order chi connectivity index (χ1) is 13.5. The Morgan fingerprint density at radius 2 is 1.89 bits per heavy atom. The molecule has 10 heteroatoms. The molecule has 0 spiro atoms. The van der Waals surface area contributed by atoms with Gasteiger partial charge in [0.15, 0.2) is 11.5 Å². The van der Waals surface area contributed by atoms with Crippen molar-refractivity contribution >= 4 is 21.6 Å². The lowest BCUT2D eigenvalue weighted by Gasteiger charge is -2.38.